The lowest BCUT2D eigenvalue weighted by atomic mass is 10.2. The fraction of sp³-hybridized carbons (Fsp3) is 0.636. The standard InChI is InChI=1S/C11H19NOS2/c13-6-1-7-14-9-5-12-4-2-11-3-8-15-10-11/h3,8,10,12-13H,1-2,4-7,9H2. The largest absolute Gasteiger partial charge is 0.396 e. The van der Waals surface area contributed by atoms with Crippen molar-refractivity contribution >= 4 is 23.1 Å². The van der Waals surface area contributed by atoms with E-state index in [1.807, 2.05) is 11.8 Å². The number of aliphatic hydroxyl groups excluding tert-OH is 1. The summed E-state index contributed by atoms with van der Waals surface area (Å²) >= 11 is 3.67. The number of hydrogen-bond acceptors (Lipinski definition) is 4. The van der Waals surface area contributed by atoms with Crippen molar-refractivity contribution < 1.29 is 5.11 Å². The van der Waals surface area contributed by atoms with Gasteiger partial charge in [-0.25, -0.2) is 0 Å². The maximum absolute atomic E-state index is 8.58. The Labute approximate surface area is 100 Å². The minimum Gasteiger partial charge on any atom is -0.396 e. The maximum Gasteiger partial charge on any atom is 0.0438 e. The van der Waals surface area contributed by atoms with Gasteiger partial charge in [0, 0.05) is 18.9 Å². The SMILES string of the molecule is OCCCSCCNCCc1ccsc1. The van der Waals surface area contributed by atoms with Gasteiger partial charge in [-0.1, -0.05) is 0 Å². The zero-order valence-corrected chi connectivity index (χ0v) is 10.6. The molecule has 0 fully saturated rings. The smallest absolute Gasteiger partial charge is 0.0438 e. The van der Waals surface area contributed by atoms with Gasteiger partial charge in [0.1, 0.15) is 0 Å². The van der Waals surface area contributed by atoms with Crippen molar-refractivity contribution in [3.8, 4) is 0 Å². The summed E-state index contributed by atoms with van der Waals surface area (Å²) < 4.78 is 0. The molecule has 1 heterocycles. The molecule has 1 rings (SSSR count). The molecule has 1 aromatic rings. The highest BCUT2D eigenvalue weighted by Gasteiger charge is 1.93. The van der Waals surface area contributed by atoms with E-state index >= 15 is 0 Å². The monoisotopic (exact) mass is 245 g/mol. The number of aliphatic hydroxyl groups is 1. The summed E-state index contributed by atoms with van der Waals surface area (Å²) in [6.07, 6.45) is 2.05. The molecule has 2 nitrogen and oxygen atoms in total. The quantitative estimate of drug-likeness (QED) is 0.653. The molecule has 0 aliphatic carbocycles. The number of thiophene rings is 1. The molecule has 1 aromatic heterocycles. The molecule has 0 amide bonds. The second-order valence-corrected chi connectivity index (χ2v) is 5.33. The van der Waals surface area contributed by atoms with Gasteiger partial charge in [-0.2, -0.15) is 23.1 Å². The van der Waals surface area contributed by atoms with E-state index in [1.54, 1.807) is 11.3 Å². The van der Waals surface area contributed by atoms with E-state index in [1.165, 1.54) is 5.56 Å². The van der Waals surface area contributed by atoms with E-state index < -0.39 is 0 Å². The molecule has 0 saturated heterocycles. The summed E-state index contributed by atoms with van der Waals surface area (Å²) in [6, 6.07) is 2.18. The summed E-state index contributed by atoms with van der Waals surface area (Å²) in [7, 11) is 0. The third-order valence-corrected chi connectivity index (χ3v) is 3.84. The highest BCUT2D eigenvalue weighted by atomic mass is 32.2. The molecule has 0 aliphatic heterocycles. The number of nitrogens with one attached hydrogen (secondary N) is 1. The van der Waals surface area contributed by atoms with Gasteiger partial charge in [0.15, 0.2) is 0 Å². The summed E-state index contributed by atoms with van der Waals surface area (Å²) in [4.78, 5) is 0. The van der Waals surface area contributed by atoms with Gasteiger partial charge < -0.3 is 10.4 Å². The van der Waals surface area contributed by atoms with Crippen LogP contribution in [0.4, 0.5) is 0 Å². The van der Waals surface area contributed by atoms with Crippen LogP contribution >= 0.6 is 23.1 Å². The van der Waals surface area contributed by atoms with Crippen LogP contribution in [0.5, 0.6) is 0 Å². The van der Waals surface area contributed by atoms with E-state index in [9.17, 15) is 0 Å². The molecule has 0 aliphatic rings. The summed E-state index contributed by atoms with van der Waals surface area (Å²) in [5, 5.41) is 16.3. The lowest BCUT2D eigenvalue weighted by Crippen LogP contribution is -2.20. The van der Waals surface area contributed by atoms with Crippen LogP contribution in [-0.4, -0.2) is 36.3 Å². The highest BCUT2D eigenvalue weighted by molar-refractivity contribution is 7.99. The van der Waals surface area contributed by atoms with Crippen molar-refractivity contribution in [2.45, 2.75) is 12.8 Å². The third kappa shape index (κ3) is 6.95. The summed E-state index contributed by atoms with van der Waals surface area (Å²) in [5.41, 5.74) is 1.43. The van der Waals surface area contributed by atoms with Crippen molar-refractivity contribution in [1.29, 1.82) is 0 Å². The van der Waals surface area contributed by atoms with Gasteiger partial charge in [-0.05, 0) is 47.5 Å². The second-order valence-electron chi connectivity index (χ2n) is 3.32. The molecule has 0 spiro atoms. The molecule has 0 unspecified atom stereocenters. The Balaban J connectivity index is 1.81. The van der Waals surface area contributed by atoms with Crippen molar-refractivity contribution in [2.24, 2.45) is 0 Å². The van der Waals surface area contributed by atoms with Crippen LogP contribution in [0.15, 0.2) is 16.8 Å². The van der Waals surface area contributed by atoms with Gasteiger partial charge in [0.05, 0.1) is 0 Å². The van der Waals surface area contributed by atoms with Crippen molar-refractivity contribution in [3.63, 3.8) is 0 Å². The average Bonchev–Trinajstić information content (AvgIpc) is 2.75. The lowest BCUT2D eigenvalue weighted by Gasteiger charge is -2.03. The van der Waals surface area contributed by atoms with E-state index in [0.717, 1.165) is 37.4 Å². The first-order valence-electron chi connectivity index (χ1n) is 5.34. The van der Waals surface area contributed by atoms with E-state index in [-0.39, 0.29) is 0 Å². The van der Waals surface area contributed by atoms with Gasteiger partial charge in [-0.3, -0.25) is 0 Å². The fourth-order valence-electron chi connectivity index (χ4n) is 1.21. The summed E-state index contributed by atoms with van der Waals surface area (Å²) in [5.74, 6) is 2.21. The normalized spacial score (nSPS) is 10.7. The maximum atomic E-state index is 8.58. The zero-order chi connectivity index (χ0) is 10.8. The van der Waals surface area contributed by atoms with E-state index in [0.29, 0.717) is 6.61 Å². The minimum atomic E-state index is 0.318. The van der Waals surface area contributed by atoms with Gasteiger partial charge in [0.2, 0.25) is 0 Å². The molecule has 0 atom stereocenters. The average molecular weight is 245 g/mol. The molecule has 86 valence electrons. The number of hydrogen-bond donors (Lipinski definition) is 2. The van der Waals surface area contributed by atoms with Gasteiger partial charge in [0.25, 0.3) is 0 Å². The predicted octanol–water partition coefficient (Wildman–Crippen LogP) is 2.00. The Morgan fingerprint density at radius 2 is 2.27 bits per heavy atom. The third-order valence-electron chi connectivity index (χ3n) is 2.04. The van der Waals surface area contributed by atoms with Crippen molar-refractivity contribution in [3.05, 3.63) is 22.4 Å². The minimum absolute atomic E-state index is 0.318. The van der Waals surface area contributed by atoms with Crippen LogP contribution in [-0.2, 0) is 6.42 Å². The predicted molar refractivity (Wildman–Crippen MR) is 69.9 cm³/mol. The number of thioether (sulfide) groups is 1. The molecular formula is C11H19NOS2. The van der Waals surface area contributed by atoms with Crippen LogP contribution in [0.1, 0.15) is 12.0 Å². The van der Waals surface area contributed by atoms with Gasteiger partial charge >= 0.3 is 0 Å². The first-order valence-corrected chi connectivity index (χ1v) is 7.43. The van der Waals surface area contributed by atoms with Crippen LogP contribution in [0, 0.1) is 0 Å². The lowest BCUT2D eigenvalue weighted by molar-refractivity contribution is 0.296. The second kappa shape index (κ2) is 9.21. The van der Waals surface area contributed by atoms with Crippen LogP contribution in [0.3, 0.4) is 0 Å². The Morgan fingerprint density at radius 3 is 3.00 bits per heavy atom. The molecule has 0 aromatic carbocycles. The fourth-order valence-corrected chi connectivity index (χ4v) is 2.73. The van der Waals surface area contributed by atoms with Crippen LogP contribution < -0.4 is 5.32 Å². The molecule has 0 bridgehead atoms. The molecule has 15 heavy (non-hydrogen) atoms. The molecule has 0 radical (unpaired) electrons. The van der Waals surface area contributed by atoms with E-state index in [4.69, 9.17) is 5.11 Å². The Hall–Kier alpha value is -0.0300. The molecular weight excluding hydrogens is 226 g/mol. The van der Waals surface area contributed by atoms with Crippen molar-refractivity contribution in [2.75, 3.05) is 31.2 Å². The zero-order valence-electron chi connectivity index (χ0n) is 8.95. The Bertz CT molecular complexity index is 227. The summed E-state index contributed by atoms with van der Waals surface area (Å²) in [6.45, 7) is 2.45. The van der Waals surface area contributed by atoms with Gasteiger partial charge in [-0.15, -0.1) is 0 Å². The highest BCUT2D eigenvalue weighted by Crippen LogP contribution is 2.05. The first kappa shape index (κ1) is 13.0. The first-order chi connectivity index (χ1) is 7.43. The van der Waals surface area contributed by atoms with Crippen LogP contribution in [0.25, 0.3) is 0 Å². The topological polar surface area (TPSA) is 32.3 Å². The molecule has 4 heteroatoms. The number of rotatable bonds is 9. The molecule has 0 saturated carbocycles. The van der Waals surface area contributed by atoms with Crippen molar-refractivity contribution in [1.82, 2.24) is 5.32 Å². The van der Waals surface area contributed by atoms with Crippen LogP contribution in [0.2, 0.25) is 0 Å². The Morgan fingerprint density at radius 1 is 1.33 bits per heavy atom. The van der Waals surface area contributed by atoms with E-state index in [2.05, 4.69) is 22.1 Å². The molecule has 2 N–H and O–H groups in total. The Kier molecular flexibility index (Phi) is 8.01.